The van der Waals surface area contributed by atoms with E-state index in [-0.39, 0.29) is 24.7 Å². The smallest absolute Gasteiger partial charge is 0.326 e. The molecule has 0 heterocycles. The summed E-state index contributed by atoms with van der Waals surface area (Å²) in [5, 5.41) is 17.5. The van der Waals surface area contributed by atoms with Crippen molar-refractivity contribution in [3.8, 4) is 0 Å². The maximum Gasteiger partial charge on any atom is 0.326 e. The topological polar surface area (TPSA) is 215 Å². The average molecular weight is 566 g/mol. The minimum Gasteiger partial charge on any atom is -0.480 e. The molecule has 3 amide bonds. The molecular weight excluding hydrogens is 522 g/mol. The number of nitrogens with one attached hydrogen (secondary N) is 3. The zero-order valence-electron chi connectivity index (χ0n) is 22.9. The van der Waals surface area contributed by atoms with Crippen molar-refractivity contribution in [3.05, 3.63) is 35.9 Å². The number of guanidine groups is 1. The van der Waals surface area contributed by atoms with Gasteiger partial charge in [-0.3, -0.25) is 19.4 Å². The highest BCUT2D eigenvalue weighted by molar-refractivity contribution is 7.98. The van der Waals surface area contributed by atoms with E-state index < -0.39 is 47.9 Å². The van der Waals surface area contributed by atoms with E-state index in [1.54, 1.807) is 6.92 Å². The molecule has 1 aromatic carbocycles. The summed E-state index contributed by atoms with van der Waals surface area (Å²) in [5.74, 6) is -2.63. The van der Waals surface area contributed by atoms with Crippen LogP contribution in [0, 0.1) is 5.92 Å². The third kappa shape index (κ3) is 12.9. The maximum atomic E-state index is 13.5. The molecule has 0 spiro atoms. The van der Waals surface area contributed by atoms with E-state index in [4.69, 9.17) is 17.2 Å². The SMILES string of the molecule is CCC(C)C(NC(=O)C(Cc1ccccc1)NC(=O)C(N)CCCN=C(N)N)C(=O)NC(CCSC)C(=O)O. The van der Waals surface area contributed by atoms with Crippen LogP contribution in [-0.2, 0) is 25.6 Å². The van der Waals surface area contributed by atoms with Crippen LogP contribution in [0.4, 0.5) is 0 Å². The number of nitrogens with two attached hydrogens (primary N) is 3. The standard InChI is InChI=1S/C26H43N7O5S/c1-4-16(2)21(24(36)31-19(25(37)38)12-14-39-3)33-23(35)20(15-17-9-6-5-7-10-17)32-22(34)18(27)11-8-13-30-26(28)29/h5-7,9-10,16,18-21H,4,8,11-15,27H2,1-3H3,(H,31,36)(H,32,34)(H,33,35)(H,37,38)(H4,28,29,30). The first-order valence-corrected chi connectivity index (χ1v) is 14.4. The normalized spacial score (nSPS) is 14.7. The van der Waals surface area contributed by atoms with Crippen LogP contribution >= 0.6 is 11.8 Å². The van der Waals surface area contributed by atoms with Crippen molar-refractivity contribution in [2.45, 2.75) is 70.1 Å². The van der Waals surface area contributed by atoms with Crippen molar-refractivity contribution in [2.75, 3.05) is 18.6 Å². The van der Waals surface area contributed by atoms with E-state index in [1.165, 1.54) is 11.8 Å². The molecule has 218 valence electrons. The van der Waals surface area contributed by atoms with Crippen molar-refractivity contribution in [1.82, 2.24) is 16.0 Å². The lowest BCUT2D eigenvalue weighted by molar-refractivity contribution is -0.142. The van der Waals surface area contributed by atoms with Gasteiger partial charge in [0.1, 0.15) is 18.1 Å². The van der Waals surface area contributed by atoms with Gasteiger partial charge in [0.25, 0.3) is 0 Å². The van der Waals surface area contributed by atoms with Crippen molar-refractivity contribution < 1.29 is 24.3 Å². The van der Waals surface area contributed by atoms with Crippen molar-refractivity contribution >= 4 is 41.4 Å². The molecule has 5 unspecified atom stereocenters. The quantitative estimate of drug-likeness (QED) is 0.0720. The fourth-order valence-electron chi connectivity index (χ4n) is 3.70. The number of aliphatic imine (C=N–C) groups is 1. The lowest BCUT2D eigenvalue weighted by Crippen LogP contribution is -2.59. The van der Waals surface area contributed by atoms with Gasteiger partial charge in [0.2, 0.25) is 17.7 Å². The molecule has 0 aromatic heterocycles. The number of carbonyl (C=O) groups excluding carboxylic acids is 3. The van der Waals surface area contributed by atoms with Crippen LogP contribution in [0.2, 0.25) is 0 Å². The largest absolute Gasteiger partial charge is 0.480 e. The lowest BCUT2D eigenvalue weighted by Gasteiger charge is -2.28. The highest BCUT2D eigenvalue weighted by atomic mass is 32.2. The van der Waals surface area contributed by atoms with Gasteiger partial charge < -0.3 is 38.3 Å². The number of carbonyl (C=O) groups is 4. The fourth-order valence-corrected chi connectivity index (χ4v) is 4.17. The van der Waals surface area contributed by atoms with Gasteiger partial charge in [0.15, 0.2) is 5.96 Å². The van der Waals surface area contributed by atoms with Gasteiger partial charge in [-0.15, -0.1) is 0 Å². The Hall–Kier alpha value is -3.32. The summed E-state index contributed by atoms with van der Waals surface area (Å²) in [4.78, 5) is 55.0. The number of amides is 3. The predicted molar refractivity (Wildman–Crippen MR) is 154 cm³/mol. The first-order chi connectivity index (χ1) is 18.5. The molecular formula is C26H43N7O5S. The molecule has 10 N–H and O–H groups in total. The number of thioether (sulfide) groups is 1. The van der Waals surface area contributed by atoms with E-state index in [0.29, 0.717) is 31.6 Å². The monoisotopic (exact) mass is 565 g/mol. The number of benzene rings is 1. The lowest BCUT2D eigenvalue weighted by atomic mass is 9.96. The van der Waals surface area contributed by atoms with Gasteiger partial charge in [-0.05, 0) is 42.8 Å². The third-order valence-electron chi connectivity index (χ3n) is 6.24. The fraction of sp³-hybridized carbons (Fsp3) is 0.577. The number of carboxylic acid groups (broad SMARTS) is 1. The molecule has 12 nitrogen and oxygen atoms in total. The number of hydrogen-bond acceptors (Lipinski definition) is 7. The molecule has 5 atom stereocenters. The molecule has 0 aliphatic heterocycles. The predicted octanol–water partition coefficient (Wildman–Crippen LogP) is -0.0518. The van der Waals surface area contributed by atoms with Gasteiger partial charge in [0.05, 0.1) is 6.04 Å². The molecule has 0 saturated heterocycles. The van der Waals surface area contributed by atoms with Crippen molar-refractivity contribution in [1.29, 1.82) is 0 Å². The third-order valence-corrected chi connectivity index (χ3v) is 6.88. The summed E-state index contributed by atoms with van der Waals surface area (Å²) in [6, 6.07) is 5.12. The molecule has 0 aliphatic carbocycles. The average Bonchev–Trinajstić information content (AvgIpc) is 2.90. The van der Waals surface area contributed by atoms with Crippen LogP contribution in [0.1, 0.15) is 45.1 Å². The van der Waals surface area contributed by atoms with Crippen LogP contribution in [0.3, 0.4) is 0 Å². The molecule has 0 aliphatic rings. The van der Waals surface area contributed by atoms with E-state index in [9.17, 15) is 24.3 Å². The number of carboxylic acids is 1. The molecule has 0 radical (unpaired) electrons. The Kier molecular flexibility index (Phi) is 15.6. The summed E-state index contributed by atoms with van der Waals surface area (Å²) in [6.45, 7) is 3.97. The van der Waals surface area contributed by atoms with Gasteiger partial charge in [-0.25, -0.2) is 4.79 Å². The minimum atomic E-state index is -1.14. The Balaban J connectivity index is 3.05. The van der Waals surface area contributed by atoms with Gasteiger partial charge >= 0.3 is 5.97 Å². The number of rotatable bonds is 18. The second kappa shape index (κ2) is 18.1. The highest BCUT2D eigenvalue weighted by Crippen LogP contribution is 2.12. The van der Waals surface area contributed by atoms with E-state index in [0.717, 1.165) is 5.56 Å². The minimum absolute atomic E-state index is 0.0496. The van der Waals surface area contributed by atoms with Crippen LogP contribution in [0.25, 0.3) is 0 Å². The first-order valence-electron chi connectivity index (χ1n) is 13.0. The molecule has 1 aromatic rings. The summed E-state index contributed by atoms with van der Waals surface area (Å²) < 4.78 is 0. The summed E-state index contributed by atoms with van der Waals surface area (Å²) >= 11 is 1.47. The Morgan fingerprint density at radius 1 is 0.974 bits per heavy atom. The Bertz CT molecular complexity index is 959. The summed E-state index contributed by atoms with van der Waals surface area (Å²) in [6.07, 6.45) is 3.58. The molecule has 0 fully saturated rings. The van der Waals surface area contributed by atoms with E-state index >= 15 is 0 Å². The van der Waals surface area contributed by atoms with Crippen molar-refractivity contribution in [2.24, 2.45) is 28.1 Å². The number of hydrogen-bond donors (Lipinski definition) is 7. The van der Waals surface area contributed by atoms with Gasteiger partial charge in [-0.1, -0.05) is 50.6 Å². The molecule has 0 saturated carbocycles. The zero-order valence-corrected chi connectivity index (χ0v) is 23.7. The molecule has 1 rings (SSSR count). The maximum absolute atomic E-state index is 13.5. The molecule has 13 heteroatoms. The number of aliphatic carboxylic acids is 1. The van der Waals surface area contributed by atoms with E-state index in [2.05, 4.69) is 20.9 Å². The Morgan fingerprint density at radius 3 is 2.18 bits per heavy atom. The Labute approximate surface area is 234 Å². The summed E-state index contributed by atoms with van der Waals surface area (Å²) in [5.41, 5.74) is 17.5. The van der Waals surface area contributed by atoms with E-state index in [1.807, 2.05) is 43.5 Å². The van der Waals surface area contributed by atoms with Gasteiger partial charge in [0, 0.05) is 13.0 Å². The van der Waals surface area contributed by atoms with Crippen LogP contribution < -0.4 is 33.2 Å². The van der Waals surface area contributed by atoms with Crippen LogP contribution in [0.15, 0.2) is 35.3 Å². The second-order valence-electron chi connectivity index (χ2n) is 9.36. The van der Waals surface area contributed by atoms with Gasteiger partial charge in [-0.2, -0.15) is 11.8 Å². The van der Waals surface area contributed by atoms with Crippen molar-refractivity contribution in [3.63, 3.8) is 0 Å². The van der Waals surface area contributed by atoms with Crippen LogP contribution in [-0.4, -0.2) is 77.5 Å². The molecule has 0 bridgehead atoms. The number of nitrogens with zero attached hydrogens (tertiary/aromatic N) is 1. The molecule has 39 heavy (non-hydrogen) atoms. The first kappa shape index (κ1) is 33.7. The van der Waals surface area contributed by atoms with Crippen LogP contribution in [0.5, 0.6) is 0 Å². The summed E-state index contributed by atoms with van der Waals surface area (Å²) in [7, 11) is 0. The Morgan fingerprint density at radius 2 is 1.62 bits per heavy atom. The highest BCUT2D eigenvalue weighted by Gasteiger charge is 2.32. The second-order valence-corrected chi connectivity index (χ2v) is 10.3. The zero-order chi connectivity index (χ0) is 29.4.